The van der Waals surface area contributed by atoms with Gasteiger partial charge in [0.2, 0.25) is 29.5 Å². The molecule has 0 aromatic rings. The number of carboxylic acid groups (broad SMARTS) is 2. The Morgan fingerprint density at radius 3 is 1.70 bits per heavy atom. The quantitative estimate of drug-likeness (QED) is 0.0721. The van der Waals surface area contributed by atoms with Crippen LogP contribution in [-0.2, 0) is 38.4 Å². The minimum Gasteiger partial charge on any atom is -0.481 e. The number of rotatable bonds is 21. The monoisotopic (exact) mass is 668 g/mol. The van der Waals surface area contributed by atoms with Gasteiger partial charge in [-0.15, -0.1) is 0 Å². The highest BCUT2D eigenvalue weighted by atomic mass is 16.4. The van der Waals surface area contributed by atoms with Gasteiger partial charge in [0.1, 0.15) is 30.5 Å². The van der Waals surface area contributed by atoms with Crippen LogP contribution in [0.2, 0.25) is 0 Å². The van der Waals surface area contributed by atoms with E-state index in [0.29, 0.717) is 32.1 Å². The Kier molecular flexibility index (Phi) is 17.6. The minimum atomic E-state index is -1.56. The van der Waals surface area contributed by atoms with Crippen molar-refractivity contribution >= 4 is 47.8 Å². The number of aldehydes is 1. The Balaban J connectivity index is 3.19. The number of carbonyl (C=O) groups is 8. The topological polar surface area (TPSA) is 249 Å². The largest absolute Gasteiger partial charge is 0.481 e. The van der Waals surface area contributed by atoms with Gasteiger partial charge in [-0.2, -0.15) is 0 Å². The molecule has 0 spiro atoms. The standard InChI is InChI=1S/C31H52N6O10/c1-7-18(6)26(31(47)36-22(13-24(39)40)28(44)33-19(15-38)11-16(2)3)37-30(46)21(12-17(4)5)34-29(45)23(14-25(41)42)35-27(43)20-9-8-10-32-20/h15-23,26,32H,7-14H2,1-6H3,(H,33,44)(H,34,45)(H,35,43)(H,36,47)(H,37,46)(H,39,40)(H,41,42)/t18-,19-,20-,21-,22-,23-,26-/m0/s1. The summed E-state index contributed by atoms with van der Waals surface area (Å²) in [5, 5.41) is 34.2. The Morgan fingerprint density at radius 1 is 0.723 bits per heavy atom. The maximum absolute atomic E-state index is 13.6. The van der Waals surface area contributed by atoms with Crippen LogP contribution in [0.1, 0.15) is 86.5 Å². The number of aliphatic carboxylic acids is 2. The highest BCUT2D eigenvalue weighted by Gasteiger charge is 2.35. The van der Waals surface area contributed by atoms with Crippen molar-refractivity contribution in [1.82, 2.24) is 31.9 Å². The molecule has 1 fully saturated rings. The molecule has 5 amide bonds. The molecule has 0 aliphatic carbocycles. The number of hydrogen-bond acceptors (Lipinski definition) is 9. The number of amides is 5. The smallest absolute Gasteiger partial charge is 0.305 e. The summed E-state index contributed by atoms with van der Waals surface area (Å²) in [5.74, 6) is -7.27. The molecular weight excluding hydrogens is 616 g/mol. The Labute approximate surface area is 275 Å². The second kappa shape index (κ2) is 20.2. The predicted octanol–water partition coefficient (Wildman–Crippen LogP) is -0.551. The number of carbonyl (C=O) groups excluding carboxylic acids is 6. The molecule has 0 saturated carbocycles. The Hall–Kier alpha value is -4.08. The van der Waals surface area contributed by atoms with Crippen LogP contribution in [0.3, 0.4) is 0 Å². The Morgan fingerprint density at radius 2 is 1.23 bits per heavy atom. The van der Waals surface area contributed by atoms with Crippen LogP contribution >= 0.6 is 0 Å². The summed E-state index contributed by atoms with van der Waals surface area (Å²) in [5.41, 5.74) is 0. The number of carboxylic acids is 2. The minimum absolute atomic E-state index is 0.0438. The zero-order valence-electron chi connectivity index (χ0n) is 28.1. The van der Waals surface area contributed by atoms with Gasteiger partial charge in [0.05, 0.1) is 24.9 Å². The third-order valence-electron chi connectivity index (χ3n) is 7.75. The van der Waals surface area contributed by atoms with E-state index in [4.69, 9.17) is 0 Å². The molecule has 7 atom stereocenters. The number of hydrogen-bond donors (Lipinski definition) is 8. The van der Waals surface area contributed by atoms with Crippen molar-refractivity contribution in [2.24, 2.45) is 17.8 Å². The lowest BCUT2D eigenvalue weighted by Gasteiger charge is -2.29. The highest BCUT2D eigenvalue weighted by molar-refractivity contribution is 5.97. The first kappa shape index (κ1) is 40.9. The van der Waals surface area contributed by atoms with Crippen LogP contribution in [0.25, 0.3) is 0 Å². The molecule has 1 rings (SSSR count). The first-order chi connectivity index (χ1) is 22.0. The van der Waals surface area contributed by atoms with Gasteiger partial charge in [-0.25, -0.2) is 0 Å². The summed E-state index contributed by atoms with van der Waals surface area (Å²) in [6.45, 7) is 11.3. The summed E-state index contributed by atoms with van der Waals surface area (Å²) in [7, 11) is 0. The molecule has 0 radical (unpaired) electrons. The summed E-state index contributed by atoms with van der Waals surface area (Å²) < 4.78 is 0. The molecule has 0 unspecified atom stereocenters. The lowest BCUT2D eigenvalue weighted by Crippen LogP contribution is -2.60. The van der Waals surface area contributed by atoms with Crippen molar-refractivity contribution in [3.05, 3.63) is 0 Å². The summed E-state index contributed by atoms with van der Waals surface area (Å²) >= 11 is 0. The lowest BCUT2D eigenvalue weighted by molar-refractivity contribution is -0.142. The van der Waals surface area contributed by atoms with Crippen molar-refractivity contribution in [2.75, 3.05) is 6.54 Å². The van der Waals surface area contributed by atoms with Crippen LogP contribution in [0.4, 0.5) is 0 Å². The van der Waals surface area contributed by atoms with Crippen molar-refractivity contribution < 1.29 is 48.6 Å². The molecule has 0 bridgehead atoms. The van der Waals surface area contributed by atoms with E-state index in [9.17, 15) is 48.6 Å². The number of nitrogens with one attached hydrogen (secondary N) is 6. The van der Waals surface area contributed by atoms with E-state index in [-0.39, 0.29) is 18.3 Å². The van der Waals surface area contributed by atoms with E-state index in [1.165, 1.54) is 0 Å². The van der Waals surface area contributed by atoms with Gasteiger partial charge in [-0.1, -0.05) is 48.0 Å². The molecule has 1 saturated heterocycles. The average molecular weight is 669 g/mol. The van der Waals surface area contributed by atoms with Crippen LogP contribution in [0, 0.1) is 17.8 Å². The van der Waals surface area contributed by atoms with Crippen LogP contribution in [0.15, 0.2) is 0 Å². The van der Waals surface area contributed by atoms with E-state index in [1.807, 2.05) is 13.8 Å². The van der Waals surface area contributed by atoms with Crippen LogP contribution in [0.5, 0.6) is 0 Å². The normalized spacial score (nSPS) is 18.2. The molecule has 16 nitrogen and oxygen atoms in total. The van der Waals surface area contributed by atoms with Crippen LogP contribution in [-0.4, -0.2) is 101 Å². The maximum Gasteiger partial charge on any atom is 0.305 e. The third kappa shape index (κ3) is 14.9. The Bertz CT molecular complexity index is 1120. The predicted molar refractivity (Wildman–Crippen MR) is 170 cm³/mol. The van der Waals surface area contributed by atoms with E-state index in [1.54, 1.807) is 27.7 Å². The van der Waals surface area contributed by atoms with Crippen LogP contribution < -0.4 is 31.9 Å². The van der Waals surface area contributed by atoms with Gasteiger partial charge in [-0.05, 0) is 50.0 Å². The molecule has 16 heteroatoms. The van der Waals surface area contributed by atoms with E-state index in [2.05, 4.69) is 31.9 Å². The molecular formula is C31H52N6O10. The van der Waals surface area contributed by atoms with Gasteiger partial charge in [0.25, 0.3) is 0 Å². The molecule has 1 heterocycles. The van der Waals surface area contributed by atoms with Gasteiger partial charge < -0.3 is 46.9 Å². The molecule has 1 aliphatic rings. The second-order valence-electron chi connectivity index (χ2n) is 12.9. The maximum atomic E-state index is 13.6. The fraction of sp³-hybridized carbons (Fsp3) is 0.742. The summed E-state index contributed by atoms with van der Waals surface area (Å²) in [6.07, 6.45) is 1.06. The molecule has 0 aromatic heterocycles. The summed E-state index contributed by atoms with van der Waals surface area (Å²) in [4.78, 5) is 100. The van der Waals surface area contributed by atoms with Crippen molar-refractivity contribution in [3.63, 3.8) is 0 Å². The van der Waals surface area contributed by atoms with E-state index >= 15 is 0 Å². The van der Waals surface area contributed by atoms with Crippen molar-refractivity contribution in [3.8, 4) is 0 Å². The van der Waals surface area contributed by atoms with E-state index in [0.717, 1.165) is 6.42 Å². The van der Waals surface area contributed by atoms with Gasteiger partial charge >= 0.3 is 11.9 Å². The lowest BCUT2D eigenvalue weighted by atomic mass is 9.96. The zero-order valence-corrected chi connectivity index (χ0v) is 28.1. The first-order valence-electron chi connectivity index (χ1n) is 16.1. The molecule has 266 valence electrons. The fourth-order valence-corrected chi connectivity index (χ4v) is 5.08. The van der Waals surface area contributed by atoms with Gasteiger partial charge in [0, 0.05) is 0 Å². The van der Waals surface area contributed by atoms with Crippen molar-refractivity contribution in [2.45, 2.75) is 123 Å². The van der Waals surface area contributed by atoms with E-state index < -0.39 is 96.5 Å². The van der Waals surface area contributed by atoms with Gasteiger partial charge in [-0.3, -0.25) is 33.6 Å². The average Bonchev–Trinajstić information content (AvgIpc) is 3.52. The molecule has 1 aliphatic heterocycles. The van der Waals surface area contributed by atoms with Crippen molar-refractivity contribution in [1.29, 1.82) is 0 Å². The highest BCUT2D eigenvalue weighted by Crippen LogP contribution is 2.13. The SMILES string of the molecule is CC[C@H](C)[C@H](NC(=O)[C@H](CC(C)C)NC(=O)[C@H](CC(=O)O)NC(=O)[C@@H]1CCCN1)C(=O)N[C@@H](CC(=O)O)C(=O)N[C@H](C=O)CC(C)C. The summed E-state index contributed by atoms with van der Waals surface area (Å²) in [6, 6.07) is -7.00. The van der Waals surface area contributed by atoms with Gasteiger partial charge in [0.15, 0.2) is 0 Å². The fourth-order valence-electron chi connectivity index (χ4n) is 5.08. The third-order valence-corrected chi connectivity index (χ3v) is 7.75. The zero-order chi connectivity index (χ0) is 35.8. The second-order valence-corrected chi connectivity index (χ2v) is 12.9. The molecule has 0 aromatic carbocycles. The molecule has 47 heavy (non-hydrogen) atoms. The first-order valence-corrected chi connectivity index (χ1v) is 16.1. The molecule has 8 N–H and O–H groups in total.